The Morgan fingerprint density at radius 3 is 2.64 bits per heavy atom. The molecule has 0 atom stereocenters. The number of Topliss-reactive ketones (excluding diaryl/α,β-unsaturated/α-hetero) is 3. The van der Waals surface area contributed by atoms with Crippen LogP contribution in [0.2, 0.25) is 5.02 Å². The first-order valence-electron chi connectivity index (χ1n) is 7.70. The molecule has 1 aromatic carbocycles. The van der Waals surface area contributed by atoms with E-state index in [1.165, 1.54) is 11.8 Å². The number of aryl methyl sites for hydroxylation is 1. The number of carbonyl (C=O) groups is 3. The molecule has 0 unspecified atom stereocenters. The highest BCUT2D eigenvalue weighted by Crippen LogP contribution is 2.28. The van der Waals surface area contributed by atoms with E-state index >= 15 is 0 Å². The summed E-state index contributed by atoms with van der Waals surface area (Å²) in [6, 6.07) is 5.00. The summed E-state index contributed by atoms with van der Waals surface area (Å²) in [7, 11) is 1.75. The van der Waals surface area contributed by atoms with Gasteiger partial charge < -0.3 is 0 Å². The summed E-state index contributed by atoms with van der Waals surface area (Å²) in [5, 5.41) is 12.1. The summed E-state index contributed by atoms with van der Waals surface area (Å²) in [5.41, 5.74) is 1.10. The molecular formula is C16H15ClN4O3S. The number of rotatable bonds is 5. The largest absolute Gasteiger partial charge is 0.298 e. The van der Waals surface area contributed by atoms with Crippen LogP contribution in [0.4, 0.5) is 0 Å². The van der Waals surface area contributed by atoms with E-state index in [1.807, 2.05) is 0 Å². The van der Waals surface area contributed by atoms with Gasteiger partial charge in [0.1, 0.15) is 5.92 Å². The van der Waals surface area contributed by atoms with Gasteiger partial charge in [-0.25, -0.2) is 4.68 Å². The van der Waals surface area contributed by atoms with E-state index < -0.39 is 11.7 Å². The van der Waals surface area contributed by atoms with E-state index in [-0.39, 0.29) is 35.0 Å². The third-order valence-electron chi connectivity index (χ3n) is 4.00. The maximum absolute atomic E-state index is 12.6. The van der Waals surface area contributed by atoms with E-state index in [9.17, 15) is 14.4 Å². The lowest BCUT2D eigenvalue weighted by molar-refractivity contribution is -0.133. The van der Waals surface area contributed by atoms with E-state index in [0.717, 1.165) is 5.56 Å². The van der Waals surface area contributed by atoms with Gasteiger partial charge in [0.25, 0.3) is 0 Å². The van der Waals surface area contributed by atoms with Gasteiger partial charge in [-0.05, 0) is 34.5 Å². The Balaban J connectivity index is 1.75. The second kappa shape index (κ2) is 7.45. The predicted octanol–water partition coefficient (Wildman–Crippen LogP) is 2.28. The lowest BCUT2D eigenvalue weighted by Crippen LogP contribution is -2.35. The molecule has 7 nitrogen and oxygen atoms in total. The van der Waals surface area contributed by atoms with Crippen LogP contribution >= 0.6 is 23.4 Å². The first-order chi connectivity index (χ1) is 12.0. The normalized spacial score (nSPS) is 15.6. The molecule has 130 valence electrons. The van der Waals surface area contributed by atoms with Gasteiger partial charge in [-0.2, -0.15) is 0 Å². The van der Waals surface area contributed by atoms with Crippen LogP contribution in [0.15, 0.2) is 23.4 Å². The molecule has 1 saturated carbocycles. The molecule has 0 radical (unpaired) electrons. The molecule has 0 saturated heterocycles. The molecule has 1 fully saturated rings. The van der Waals surface area contributed by atoms with Gasteiger partial charge in [-0.1, -0.05) is 29.4 Å². The number of thioether (sulfide) groups is 1. The Hall–Kier alpha value is -2.06. The number of halogens is 1. The Kier molecular flexibility index (Phi) is 5.29. The Labute approximate surface area is 153 Å². The van der Waals surface area contributed by atoms with Gasteiger partial charge in [0, 0.05) is 31.2 Å². The van der Waals surface area contributed by atoms with E-state index in [4.69, 9.17) is 11.6 Å². The number of hydrogen-bond acceptors (Lipinski definition) is 7. The second-order valence-corrected chi connectivity index (χ2v) is 7.12. The zero-order valence-electron chi connectivity index (χ0n) is 13.4. The lowest BCUT2D eigenvalue weighted by Gasteiger charge is -2.18. The lowest BCUT2D eigenvalue weighted by atomic mass is 9.81. The predicted molar refractivity (Wildman–Crippen MR) is 91.5 cm³/mol. The minimum Gasteiger partial charge on any atom is -0.298 e. The van der Waals surface area contributed by atoms with Gasteiger partial charge in [-0.15, -0.1) is 5.10 Å². The molecule has 0 bridgehead atoms. The monoisotopic (exact) mass is 378 g/mol. The minimum atomic E-state index is -1.20. The van der Waals surface area contributed by atoms with Crippen LogP contribution in [0.3, 0.4) is 0 Å². The number of hydrogen-bond donors (Lipinski definition) is 0. The van der Waals surface area contributed by atoms with Crippen molar-refractivity contribution in [3.8, 4) is 0 Å². The van der Waals surface area contributed by atoms with Crippen LogP contribution in [0, 0.1) is 5.92 Å². The summed E-state index contributed by atoms with van der Waals surface area (Å²) in [6.45, 7) is 0. The fourth-order valence-electron chi connectivity index (χ4n) is 2.69. The quantitative estimate of drug-likeness (QED) is 0.447. The standard InChI is InChI=1S/C16H15ClN4O3S/c1-21-16(18-19-20-21)25-8-9-5-6-10(11(17)7-9)15(24)14-12(22)3-2-4-13(14)23/h5-7,14H,2-4,8H2,1H3. The fourth-order valence-corrected chi connectivity index (χ4v) is 3.78. The van der Waals surface area contributed by atoms with Crippen molar-refractivity contribution < 1.29 is 14.4 Å². The molecule has 0 amide bonds. The number of ketones is 3. The smallest absolute Gasteiger partial charge is 0.209 e. The minimum absolute atomic E-state index is 0.212. The third kappa shape index (κ3) is 3.80. The Morgan fingerprint density at radius 2 is 2.04 bits per heavy atom. The molecule has 3 rings (SSSR count). The zero-order chi connectivity index (χ0) is 18.0. The molecule has 1 aromatic heterocycles. The topological polar surface area (TPSA) is 94.8 Å². The zero-order valence-corrected chi connectivity index (χ0v) is 15.0. The van der Waals surface area contributed by atoms with Gasteiger partial charge in [0.15, 0.2) is 17.3 Å². The van der Waals surface area contributed by atoms with Gasteiger partial charge in [0.2, 0.25) is 5.16 Å². The SMILES string of the molecule is Cn1nnnc1SCc1ccc(C(=O)C2C(=O)CCCC2=O)c(Cl)c1. The maximum Gasteiger partial charge on any atom is 0.209 e. The molecule has 1 heterocycles. The van der Waals surface area contributed by atoms with Crippen molar-refractivity contribution in [3.05, 3.63) is 34.3 Å². The first-order valence-corrected chi connectivity index (χ1v) is 9.07. The van der Waals surface area contributed by atoms with Crippen LogP contribution in [-0.4, -0.2) is 37.6 Å². The van der Waals surface area contributed by atoms with Crippen LogP contribution in [0.25, 0.3) is 0 Å². The van der Waals surface area contributed by atoms with Crippen molar-refractivity contribution in [1.29, 1.82) is 0 Å². The van der Waals surface area contributed by atoms with Gasteiger partial charge in [0.05, 0.1) is 5.02 Å². The Morgan fingerprint density at radius 1 is 1.32 bits per heavy atom. The highest BCUT2D eigenvalue weighted by atomic mass is 35.5. The van der Waals surface area contributed by atoms with Crippen molar-refractivity contribution in [1.82, 2.24) is 20.2 Å². The number of tetrazole rings is 1. The first kappa shape index (κ1) is 17.8. The second-order valence-electron chi connectivity index (χ2n) is 5.77. The van der Waals surface area contributed by atoms with Crippen molar-refractivity contribution in [2.75, 3.05) is 0 Å². The van der Waals surface area contributed by atoms with E-state index in [2.05, 4.69) is 15.5 Å². The molecule has 0 aliphatic heterocycles. The highest BCUT2D eigenvalue weighted by molar-refractivity contribution is 7.98. The molecule has 0 spiro atoms. The van der Waals surface area contributed by atoms with Crippen molar-refractivity contribution in [2.24, 2.45) is 13.0 Å². The average molecular weight is 379 g/mol. The van der Waals surface area contributed by atoms with Crippen molar-refractivity contribution >= 4 is 40.7 Å². The number of carbonyl (C=O) groups excluding carboxylic acids is 3. The summed E-state index contributed by atoms with van der Waals surface area (Å²) in [5.74, 6) is -1.75. The van der Waals surface area contributed by atoms with Gasteiger partial charge >= 0.3 is 0 Å². The molecule has 2 aromatic rings. The fraction of sp³-hybridized carbons (Fsp3) is 0.375. The summed E-state index contributed by atoms with van der Waals surface area (Å²) in [4.78, 5) is 36.5. The number of benzene rings is 1. The highest BCUT2D eigenvalue weighted by Gasteiger charge is 2.37. The molecule has 9 heteroatoms. The molecule has 25 heavy (non-hydrogen) atoms. The maximum atomic E-state index is 12.6. The van der Waals surface area contributed by atoms with Crippen LogP contribution in [0.5, 0.6) is 0 Å². The summed E-state index contributed by atoms with van der Waals surface area (Å²) >= 11 is 7.67. The number of aromatic nitrogens is 4. The van der Waals surface area contributed by atoms with Gasteiger partial charge in [-0.3, -0.25) is 14.4 Å². The molecule has 1 aliphatic rings. The van der Waals surface area contributed by atoms with Crippen molar-refractivity contribution in [2.45, 2.75) is 30.2 Å². The van der Waals surface area contributed by atoms with Crippen LogP contribution < -0.4 is 0 Å². The average Bonchev–Trinajstić information content (AvgIpc) is 2.98. The van der Waals surface area contributed by atoms with E-state index in [0.29, 0.717) is 17.3 Å². The summed E-state index contributed by atoms with van der Waals surface area (Å²) in [6.07, 6.45) is 1.04. The number of nitrogens with zero attached hydrogens (tertiary/aromatic N) is 4. The Bertz CT molecular complexity index is 836. The summed E-state index contributed by atoms with van der Waals surface area (Å²) < 4.78 is 1.56. The molecule has 0 N–H and O–H groups in total. The van der Waals surface area contributed by atoms with E-state index in [1.54, 1.807) is 29.9 Å². The van der Waals surface area contributed by atoms with Crippen LogP contribution in [-0.2, 0) is 22.4 Å². The van der Waals surface area contributed by atoms with Crippen molar-refractivity contribution in [3.63, 3.8) is 0 Å². The third-order valence-corrected chi connectivity index (χ3v) is 5.40. The van der Waals surface area contributed by atoms with Crippen LogP contribution in [0.1, 0.15) is 35.2 Å². The molecular weight excluding hydrogens is 364 g/mol. The molecule has 1 aliphatic carbocycles.